The second-order valence-corrected chi connectivity index (χ2v) is 8.38. The van der Waals surface area contributed by atoms with Crippen molar-refractivity contribution in [3.63, 3.8) is 0 Å². The summed E-state index contributed by atoms with van der Waals surface area (Å²) in [7, 11) is -2.67. The molecule has 0 atom stereocenters. The monoisotopic (exact) mass is 480 g/mol. The minimum absolute atomic E-state index is 0.191. The van der Waals surface area contributed by atoms with E-state index in [1.54, 1.807) is 24.3 Å². The van der Waals surface area contributed by atoms with Crippen molar-refractivity contribution in [1.29, 1.82) is 0 Å². The van der Waals surface area contributed by atoms with E-state index in [1.165, 1.54) is 37.4 Å². The molecule has 0 aliphatic heterocycles. The Kier molecular flexibility index (Phi) is 7.12. The molecule has 0 aromatic heterocycles. The zero-order valence-electron chi connectivity index (χ0n) is 17.2. The molecule has 0 fully saturated rings. The lowest BCUT2D eigenvalue weighted by Gasteiger charge is -2.12. The number of benzene rings is 3. The predicted octanol–water partition coefficient (Wildman–Crippen LogP) is 4.53. The van der Waals surface area contributed by atoms with Gasteiger partial charge < -0.3 is 14.8 Å². The molecular formula is C22H19F3N2O5S. The maximum Gasteiger partial charge on any atom is 0.416 e. The number of anilines is 2. The van der Waals surface area contributed by atoms with Crippen molar-refractivity contribution in [1.82, 2.24) is 0 Å². The first-order chi connectivity index (χ1) is 15.6. The van der Waals surface area contributed by atoms with Gasteiger partial charge in [0.25, 0.3) is 15.9 Å². The molecule has 7 nitrogen and oxygen atoms in total. The number of methoxy groups -OCH3 is 1. The zero-order valence-corrected chi connectivity index (χ0v) is 18.0. The van der Waals surface area contributed by atoms with E-state index in [9.17, 15) is 26.4 Å². The third-order valence-corrected chi connectivity index (χ3v) is 5.72. The van der Waals surface area contributed by atoms with Gasteiger partial charge in [-0.05, 0) is 54.6 Å². The van der Waals surface area contributed by atoms with Crippen molar-refractivity contribution >= 4 is 27.3 Å². The fourth-order valence-electron chi connectivity index (χ4n) is 2.77. The van der Waals surface area contributed by atoms with Crippen LogP contribution >= 0.6 is 0 Å². The van der Waals surface area contributed by atoms with Gasteiger partial charge in [0.1, 0.15) is 0 Å². The van der Waals surface area contributed by atoms with Gasteiger partial charge in [0, 0.05) is 11.4 Å². The number of halogens is 3. The summed E-state index contributed by atoms with van der Waals surface area (Å²) in [5.41, 5.74) is -0.895. The largest absolute Gasteiger partial charge is 0.493 e. The van der Waals surface area contributed by atoms with E-state index in [4.69, 9.17) is 9.47 Å². The summed E-state index contributed by atoms with van der Waals surface area (Å²) in [4.78, 5) is 11.9. The topological polar surface area (TPSA) is 93.7 Å². The number of alkyl halides is 3. The Morgan fingerprint density at radius 3 is 2.21 bits per heavy atom. The highest BCUT2D eigenvalue weighted by atomic mass is 32.2. The van der Waals surface area contributed by atoms with Crippen LogP contribution in [0.5, 0.6) is 11.5 Å². The van der Waals surface area contributed by atoms with Crippen LogP contribution in [0.3, 0.4) is 0 Å². The van der Waals surface area contributed by atoms with Gasteiger partial charge in [-0.25, -0.2) is 8.42 Å². The molecule has 0 saturated carbocycles. The van der Waals surface area contributed by atoms with Gasteiger partial charge in [0.2, 0.25) is 0 Å². The number of hydrogen-bond acceptors (Lipinski definition) is 5. The molecule has 0 aliphatic carbocycles. The Balaban J connectivity index is 1.62. The number of amides is 1. The van der Waals surface area contributed by atoms with Gasteiger partial charge in [-0.2, -0.15) is 13.2 Å². The van der Waals surface area contributed by atoms with Crippen molar-refractivity contribution in [2.24, 2.45) is 0 Å². The van der Waals surface area contributed by atoms with Crippen molar-refractivity contribution < 1.29 is 35.9 Å². The average molecular weight is 480 g/mol. The molecule has 3 aromatic rings. The summed E-state index contributed by atoms with van der Waals surface area (Å²) < 4.78 is 76.2. The second kappa shape index (κ2) is 9.82. The highest BCUT2D eigenvalue weighted by Gasteiger charge is 2.30. The van der Waals surface area contributed by atoms with Crippen molar-refractivity contribution in [2.45, 2.75) is 11.1 Å². The van der Waals surface area contributed by atoms with Crippen LogP contribution in [0, 0.1) is 0 Å². The number of carbonyl (C=O) groups is 1. The van der Waals surface area contributed by atoms with E-state index in [0.717, 1.165) is 12.1 Å². The molecule has 0 bridgehead atoms. The molecule has 0 spiro atoms. The van der Waals surface area contributed by atoms with E-state index in [1.807, 2.05) is 0 Å². The van der Waals surface area contributed by atoms with Crippen LogP contribution in [0.4, 0.5) is 24.5 Å². The number of nitrogens with one attached hydrogen (secondary N) is 2. The molecule has 3 rings (SSSR count). The van der Waals surface area contributed by atoms with Gasteiger partial charge >= 0.3 is 6.18 Å². The maximum absolute atomic E-state index is 12.8. The van der Waals surface area contributed by atoms with Gasteiger partial charge in [-0.15, -0.1) is 0 Å². The summed E-state index contributed by atoms with van der Waals surface area (Å²) in [6.45, 7) is -0.308. The Labute approximate surface area is 188 Å². The van der Waals surface area contributed by atoms with Gasteiger partial charge in [-0.3, -0.25) is 9.52 Å². The standard InChI is InChI=1S/C22H19F3N2O5S/c1-31-19-7-2-3-8-20(19)32-14-21(28)26-16-9-11-18(12-10-16)33(29,30)27-17-6-4-5-15(13-17)22(23,24)25/h2-13,27H,14H2,1H3,(H,26,28). The lowest BCUT2D eigenvalue weighted by Crippen LogP contribution is -2.20. The van der Waals surface area contributed by atoms with E-state index in [0.29, 0.717) is 23.3 Å². The van der Waals surface area contributed by atoms with Crippen LogP contribution in [0.15, 0.2) is 77.7 Å². The first-order valence-corrected chi connectivity index (χ1v) is 10.9. The van der Waals surface area contributed by atoms with E-state index < -0.39 is 27.7 Å². The molecule has 174 valence electrons. The van der Waals surface area contributed by atoms with Crippen molar-refractivity contribution in [2.75, 3.05) is 23.8 Å². The van der Waals surface area contributed by atoms with Crippen LogP contribution in [-0.2, 0) is 21.0 Å². The van der Waals surface area contributed by atoms with Crippen LogP contribution in [-0.4, -0.2) is 28.0 Å². The van der Waals surface area contributed by atoms with Crippen LogP contribution in [0.1, 0.15) is 5.56 Å². The highest BCUT2D eigenvalue weighted by molar-refractivity contribution is 7.92. The first kappa shape index (κ1) is 23.9. The number of carbonyl (C=O) groups excluding carboxylic acids is 1. The molecule has 2 N–H and O–H groups in total. The molecule has 0 aliphatic rings. The number of ether oxygens (including phenoxy) is 2. The Morgan fingerprint density at radius 2 is 1.58 bits per heavy atom. The SMILES string of the molecule is COc1ccccc1OCC(=O)Nc1ccc(S(=O)(=O)Nc2cccc(C(F)(F)F)c2)cc1. The normalized spacial score (nSPS) is 11.5. The smallest absolute Gasteiger partial charge is 0.416 e. The molecule has 0 saturated heterocycles. The second-order valence-electron chi connectivity index (χ2n) is 6.70. The Hall–Kier alpha value is -3.73. The number of sulfonamides is 1. The summed E-state index contributed by atoms with van der Waals surface area (Å²) in [6.07, 6.45) is -4.60. The summed E-state index contributed by atoms with van der Waals surface area (Å²) in [5, 5.41) is 2.56. The lowest BCUT2D eigenvalue weighted by molar-refractivity contribution is -0.137. The van der Waals surface area contributed by atoms with E-state index >= 15 is 0 Å². The molecule has 1 amide bonds. The molecule has 33 heavy (non-hydrogen) atoms. The van der Waals surface area contributed by atoms with Crippen molar-refractivity contribution in [3.8, 4) is 11.5 Å². The molecule has 3 aromatic carbocycles. The first-order valence-electron chi connectivity index (χ1n) is 9.44. The summed E-state index contributed by atoms with van der Waals surface area (Å²) in [6, 6.07) is 15.8. The minimum atomic E-state index is -4.60. The molecule has 0 unspecified atom stereocenters. The van der Waals surface area contributed by atoms with Crippen LogP contribution in [0.25, 0.3) is 0 Å². The third-order valence-electron chi connectivity index (χ3n) is 4.32. The Morgan fingerprint density at radius 1 is 0.909 bits per heavy atom. The number of hydrogen-bond donors (Lipinski definition) is 2. The molecule has 0 heterocycles. The van der Waals surface area contributed by atoms with Crippen molar-refractivity contribution in [3.05, 3.63) is 78.4 Å². The predicted molar refractivity (Wildman–Crippen MR) is 116 cm³/mol. The Bertz CT molecular complexity index is 1230. The third kappa shape index (κ3) is 6.39. The molecular weight excluding hydrogens is 461 g/mol. The number of para-hydroxylation sites is 2. The maximum atomic E-state index is 12.8. The fraction of sp³-hybridized carbons (Fsp3) is 0.136. The average Bonchev–Trinajstić information content (AvgIpc) is 2.77. The lowest BCUT2D eigenvalue weighted by atomic mass is 10.2. The van der Waals surface area contributed by atoms with Gasteiger partial charge in [0.05, 0.1) is 17.6 Å². The van der Waals surface area contributed by atoms with E-state index in [2.05, 4.69) is 10.0 Å². The minimum Gasteiger partial charge on any atom is -0.493 e. The molecule has 0 radical (unpaired) electrons. The zero-order chi connectivity index (χ0) is 24.1. The van der Waals surface area contributed by atoms with E-state index in [-0.39, 0.29) is 17.2 Å². The quantitative estimate of drug-likeness (QED) is 0.494. The van der Waals surface area contributed by atoms with Crippen LogP contribution in [0.2, 0.25) is 0 Å². The van der Waals surface area contributed by atoms with Gasteiger partial charge in [0.15, 0.2) is 18.1 Å². The summed E-state index contributed by atoms with van der Waals surface area (Å²) >= 11 is 0. The van der Waals surface area contributed by atoms with Gasteiger partial charge in [-0.1, -0.05) is 18.2 Å². The number of rotatable bonds is 8. The van der Waals surface area contributed by atoms with Crippen LogP contribution < -0.4 is 19.5 Å². The fourth-order valence-corrected chi connectivity index (χ4v) is 3.82. The summed E-state index contributed by atoms with van der Waals surface area (Å²) in [5.74, 6) is 0.365. The highest BCUT2D eigenvalue weighted by Crippen LogP contribution is 2.31. The molecule has 11 heteroatoms.